The molecule has 4 rings (SSSR count). The largest absolute Gasteiger partial charge is 0.377 e. The highest BCUT2D eigenvalue weighted by Gasteiger charge is 2.42. The molecule has 11 heteroatoms. The van der Waals surface area contributed by atoms with Gasteiger partial charge in [0.1, 0.15) is 0 Å². The van der Waals surface area contributed by atoms with Crippen LogP contribution in [0.25, 0.3) is 10.8 Å². The number of carbonyl (C=O) groups is 2. The first-order valence-corrected chi connectivity index (χ1v) is 14.4. The molecule has 0 spiro atoms. The quantitative estimate of drug-likeness (QED) is 0.266. The van der Waals surface area contributed by atoms with E-state index in [1.807, 2.05) is 49.0 Å². The molecule has 9 nitrogen and oxygen atoms in total. The van der Waals surface area contributed by atoms with Gasteiger partial charge in [0.2, 0.25) is 15.9 Å². The van der Waals surface area contributed by atoms with Gasteiger partial charge >= 0.3 is 6.03 Å². The van der Waals surface area contributed by atoms with Gasteiger partial charge in [-0.2, -0.15) is 11.8 Å². The summed E-state index contributed by atoms with van der Waals surface area (Å²) in [6.45, 7) is 0.345. The number of hydrogen-bond donors (Lipinski definition) is 4. The van der Waals surface area contributed by atoms with E-state index in [1.165, 1.54) is 0 Å². The van der Waals surface area contributed by atoms with E-state index in [2.05, 4.69) is 20.7 Å². The van der Waals surface area contributed by atoms with Crippen molar-refractivity contribution in [3.8, 4) is 0 Å². The second-order valence-corrected chi connectivity index (χ2v) is 12.1. The highest BCUT2D eigenvalue weighted by molar-refractivity contribution is 8.00. The molecule has 2 aromatic carbocycles. The molecule has 2 aliphatic heterocycles. The van der Waals surface area contributed by atoms with E-state index in [0.717, 1.165) is 36.1 Å². The molecule has 0 radical (unpaired) electrons. The Kier molecular flexibility index (Phi) is 8.08. The van der Waals surface area contributed by atoms with Crippen LogP contribution in [0.3, 0.4) is 0 Å². The van der Waals surface area contributed by atoms with Crippen LogP contribution in [-0.4, -0.2) is 70.6 Å². The zero-order valence-corrected chi connectivity index (χ0v) is 21.7. The van der Waals surface area contributed by atoms with Gasteiger partial charge in [-0.05, 0) is 25.0 Å². The third-order valence-corrected chi connectivity index (χ3v) is 9.48. The van der Waals surface area contributed by atoms with Gasteiger partial charge in [-0.25, -0.2) is 17.9 Å². The summed E-state index contributed by atoms with van der Waals surface area (Å²) in [7, 11) is 0.120. The molecule has 35 heavy (non-hydrogen) atoms. The average Bonchev–Trinajstić information content (AvgIpc) is 3.37. The lowest BCUT2D eigenvalue weighted by molar-refractivity contribution is -0.121. The minimum atomic E-state index is -3.73. The Balaban J connectivity index is 1.19. The van der Waals surface area contributed by atoms with Gasteiger partial charge < -0.3 is 20.9 Å². The van der Waals surface area contributed by atoms with E-state index in [4.69, 9.17) is 0 Å². The standard InChI is InChI=1S/C24H33N5O4S2/c1-29(2)19-9-5-8-17-16(19)7-6-11-21(17)35(32,33)26-14-13-25-22(30)12-4-3-10-20-23-18(15-34-20)27-24(31)28-23/h5-9,11,18,20,23,26H,3-4,10,12-15H2,1-2H3,(H,25,30)(H2,27,28,31)/t18-,20-,23-/m1/s1. The highest BCUT2D eigenvalue weighted by Crippen LogP contribution is 2.33. The molecule has 2 aliphatic rings. The summed E-state index contributed by atoms with van der Waals surface area (Å²) in [5.41, 5.74) is 0.947. The number of thioether (sulfide) groups is 1. The number of unbranched alkanes of at least 4 members (excludes halogenated alkanes) is 1. The lowest BCUT2D eigenvalue weighted by atomic mass is 10.0. The number of sulfonamides is 1. The second kappa shape index (κ2) is 11.0. The predicted molar refractivity (Wildman–Crippen MR) is 140 cm³/mol. The summed E-state index contributed by atoms with van der Waals surface area (Å²) in [6.07, 6.45) is 3.03. The van der Waals surface area contributed by atoms with E-state index in [9.17, 15) is 18.0 Å². The number of amides is 3. The topological polar surface area (TPSA) is 120 Å². The number of benzene rings is 2. The highest BCUT2D eigenvalue weighted by atomic mass is 32.2. The van der Waals surface area contributed by atoms with E-state index in [1.54, 1.807) is 18.2 Å². The van der Waals surface area contributed by atoms with Crippen LogP contribution in [-0.2, 0) is 14.8 Å². The van der Waals surface area contributed by atoms with Crippen molar-refractivity contribution >= 4 is 50.2 Å². The van der Waals surface area contributed by atoms with Crippen LogP contribution in [0.2, 0.25) is 0 Å². The summed E-state index contributed by atoms with van der Waals surface area (Å²) < 4.78 is 28.5. The van der Waals surface area contributed by atoms with Crippen molar-refractivity contribution in [1.29, 1.82) is 0 Å². The Labute approximate surface area is 210 Å². The molecule has 0 saturated carbocycles. The number of anilines is 1. The van der Waals surface area contributed by atoms with Crippen LogP contribution >= 0.6 is 11.8 Å². The zero-order chi connectivity index (χ0) is 25.0. The summed E-state index contributed by atoms with van der Waals surface area (Å²) >= 11 is 1.87. The van der Waals surface area contributed by atoms with Crippen molar-refractivity contribution in [3.05, 3.63) is 36.4 Å². The molecule has 3 amide bonds. The molecule has 0 aromatic heterocycles. The number of urea groups is 1. The Morgan fingerprint density at radius 3 is 2.66 bits per heavy atom. The van der Waals surface area contributed by atoms with Crippen molar-refractivity contribution in [2.45, 2.75) is 47.9 Å². The lowest BCUT2D eigenvalue weighted by Crippen LogP contribution is -2.36. The molecule has 4 N–H and O–H groups in total. The van der Waals surface area contributed by atoms with Crippen LogP contribution in [0, 0.1) is 0 Å². The van der Waals surface area contributed by atoms with Gasteiger partial charge in [0.25, 0.3) is 0 Å². The van der Waals surface area contributed by atoms with Crippen molar-refractivity contribution in [2.75, 3.05) is 37.8 Å². The molecule has 2 fully saturated rings. The van der Waals surface area contributed by atoms with E-state index in [-0.39, 0.29) is 42.0 Å². The fraction of sp³-hybridized carbons (Fsp3) is 0.500. The van der Waals surface area contributed by atoms with Crippen molar-refractivity contribution in [2.24, 2.45) is 0 Å². The maximum atomic E-state index is 12.9. The van der Waals surface area contributed by atoms with Gasteiger partial charge in [-0.1, -0.05) is 30.7 Å². The first-order chi connectivity index (χ1) is 16.8. The first kappa shape index (κ1) is 25.6. The van der Waals surface area contributed by atoms with Crippen LogP contribution in [0.5, 0.6) is 0 Å². The third kappa shape index (κ3) is 6.02. The Morgan fingerprint density at radius 2 is 1.86 bits per heavy atom. The predicted octanol–water partition coefficient (Wildman–Crippen LogP) is 2.03. The Morgan fingerprint density at radius 1 is 1.09 bits per heavy atom. The summed E-state index contributed by atoms with van der Waals surface area (Å²) in [4.78, 5) is 25.8. The number of carbonyl (C=O) groups excluding carboxylic acids is 2. The fourth-order valence-corrected chi connectivity index (χ4v) is 7.51. The van der Waals surface area contributed by atoms with E-state index < -0.39 is 10.0 Å². The molecule has 0 aliphatic carbocycles. The summed E-state index contributed by atoms with van der Waals surface area (Å²) in [6, 6.07) is 11.2. The van der Waals surface area contributed by atoms with Gasteiger partial charge in [-0.15, -0.1) is 0 Å². The monoisotopic (exact) mass is 519 g/mol. The Hall–Kier alpha value is -2.50. The van der Waals surface area contributed by atoms with Gasteiger partial charge in [0, 0.05) is 61.1 Å². The molecule has 2 aromatic rings. The molecule has 2 saturated heterocycles. The van der Waals surface area contributed by atoms with Crippen LogP contribution in [0.1, 0.15) is 25.7 Å². The second-order valence-electron chi connectivity index (χ2n) is 9.14. The zero-order valence-electron chi connectivity index (χ0n) is 20.0. The summed E-state index contributed by atoms with van der Waals surface area (Å²) in [5.74, 6) is 0.845. The molecular weight excluding hydrogens is 486 g/mol. The number of rotatable bonds is 11. The molecule has 190 valence electrons. The number of nitrogens with zero attached hydrogens (tertiary/aromatic N) is 1. The molecule has 0 unspecified atom stereocenters. The fourth-order valence-electron chi connectivity index (χ4n) is 4.72. The van der Waals surface area contributed by atoms with Gasteiger partial charge in [0.15, 0.2) is 0 Å². The third-order valence-electron chi connectivity index (χ3n) is 6.45. The molecule has 3 atom stereocenters. The lowest BCUT2D eigenvalue weighted by Gasteiger charge is -2.17. The van der Waals surface area contributed by atoms with Crippen molar-refractivity contribution in [3.63, 3.8) is 0 Å². The smallest absolute Gasteiger partial charge is 0.315 e. The van der Waals surface area contributed by atoms with Crippen LogP contribution in [0.15, 0.2) is 41.3 Å². The maximum Gasteiger partial charge on any atom is 0.315 e. The minimum absolute atomic E-state index is 0.0842. The van der Waals surface area contributed by atoms with Gasteiger partial charge in [-0.3, -0.25) is 4.79 Å². The number of hydrogen-bond acceptors (Lipinski definition) is 6. The number of nitrogens with one attached hydrogen (secondary N) is 4. The Bertz CT molecular complexity index is 1190. The number of fused-ring (bicyclic) bond motifs is 2. The minimum Gasteiger partial charge on any atom is -0.377 e. The first-order valence-electron chi connectivity index (χ1n) is 11.9. The van der Waals surface area contributed by atoms with Gasteiger partial charge in [0.05, 0.1) is 17.0 Å². The van der Waals surface area contributed by atoms with E-state index >= 15 is 0 Å². The summed E-state index contributed by atoms with van der Waals surface area (Å²) in [5, 5.41) is 10.6. The normalized spacial score (nSPS) is 21.4. The van der Waals surface area contributed by atoms with Crippen molar-refractivity contribution < 1.29 is 18.0 Å². The van der Waals surface area contributed by atoms with Crippen LogP contribution < -0.4 is 25.6 Å². The molecular formula is C24H33N5O4S2. The SMILES string of the molecule is CN(C)c1cccc2c(S(=O)(=O)NCCNC(=O)CCCC[C@H]3SC[C@H]4NC(=O)N[C@H]43)cccc12. The van der Waals surface area contributed by atoms with E-state index in [0.29, 0.717) is 17.1 Å². The van der Waals surface area contributed by atoms with Crippen molar-refractivity contribution in [1.82, 2.24) is 20.7 Å². The molecule has 0 bridgehead atoms. The van der Waals surface area contributed by atoms with Crippen LogP contribution in [0.4, 0.5) is 10.5 Å². The maximum absolute atomic E-state index is 12.9. The molecule has 2 heterocycles. The average molecular weight is 520 g/mol.